The van der Waals surface area contributed by atoms with Crippen LogP contribution in [0.3, 0.4) is 0 Å². The quantitative estimate of drug-likeness (QED) is 0.785. The fraction of sp³-hybridized carbons (Fsp3) is 0.176. The van der Waals surface area contributed by atoms with Crippen molar-refractivity contribution in [1.29, 1.82) is 0 Å². The van der Waals surface area contributed by atoms with Crippen LogP contribution in [0.15, 0.2) is 66.0 Å². The highest BCUT2D eigenvalue weighted by Gasteiger charge is 2.26. The minimum absolute atomic E-state index is 0.389. The van der Waals surface area contributed by atoms with Crippen LogP contribution in [0.25, 0.3) is 10.9 Å². The lowest BCUT2D eigenvalue weighted by atomic mass is 10.0. The maximum absolute atomic E-state index is 3.66. The molecule has 0 bridgehead atoms. The number of fused-ring (bicyclic) bond motifs is 2. The van der Waals surface area contributed by atoms with Crippen molar-refractivity contribution in [2.24, 2.45) is 0 Å². The number of aromatic amines is 1. The van der Waals surface area contributed by atoms with Gasteiger partial charge in [0, 0.05) is 22.8 Å². The molecule has 1 aromatic carbocycles. The third-order valence-corrected chi connectivity index (χ3v) is 3.99. The molecule has 0 saturated carbocycles. The molecule has 2 N–H and O–H groups in total. The second kappa shape index (κ2) is 4.16. The molecule has 1 aliphatic heterocycles. The Hall–Kier alpha value is -2.22. The van der Waals surface area contributed by atoms with Crippen LogP contribution in [-0.4, -0.2) is 4.98 Å². The molecule has 19 heavy (non-hydrogen) atoms. The molecular formula is C17H16N2. The van der Waals surface area contributed by atoms with Gasteiger partial charge in [-0.1, -0.05) is 42.5 Å². The molecular weight excluding hydrogens is 232 g/mol. The first-order valence-corrected chi connectivity index (χ1v) is 6.80. The SMILES string of the molecule is C1=CCC=C2NC(c3c[nH]c4ccccc34)CC2=C1. The van der Waals surface area contributed by atoms with Crippen LogP contribution >= 0.6 is 0 Å². The van der Waals surface area contributed by atoms with Gasteiger partial charge in [0.2, 0.25) is 0 Å². The summed E-state index contributed by atoms with van der Waals surface area (Å²) < 4.78 is 0. The molecule has 1 aromatic heterocycles. The Labute approximate surface area is 112 Å². The smallest absolute Gasteiger partial charge is 0.0575 e. The Morgan fingerprint density at radius 3 is 3.11 bits per heavy atom. The van der Waals surface area contributed by atoms with Gasteiger partial charge in [0.15, 0.2) is 0 Å². The van der Waals surface area contributed by atoms with Gasteiger partial charge >= 0.3 is 0 Å². The van der Waals surface area contributed by atoms with E-state index in [1.807, 2.05) is 0 Å². The maximum Gasteiger partial charge on any atom is 0.0575 e. The Morgan fingerprint density at radius 2 is 2.11 bits per heavy atom. The Morgan fingerprint density at radius 1 is 1.16 bits per heavy atom. The summed E-state index contributed by atoms with van der Waals surface area (Å²) in [6, 6.07) is 8.89. The second-order valence-electron chi connectivity index (χ2n) is 5.16. The summed E-state index contributed by atoms with van der Waals surface area (Å²) >= 11 is 0. The van der Waals surface area contributed by atoms with Gasteiger partial charge in [-0.05, 0) is 30.0 Å². The van der Waals surface area contributed by atoms with Crippen LogP contribution in [0.5, 0.6) is 0 Å². The molecule has 2 heteroatoms. The molecule has 0 radical (unpaired) electrons. The first-order chi connectivity index (χ1) is 9.42. The molecule has 0 spiro atoms. The lowest BCUT2D eigenvalue weighted by Gasteiger charge is -2.09. The van der Waals surface area contributed by atoms with Crippen molar-refractivity contribution in [2.75, 3.05) is 0 Å². The van der Waals surface area contributed by atoms with E-state index in [1.54, 1.807) is 0 Å². The molecule has 2 heterocycles. The lowest BCUT2D eigenvalue weighted by molar-refractivity contribution is 0.679. The third-order valence-electron chi connectivity index (χ3n) is 3.99. The fourth-order valence-corrected chi connectivity index (χ4v) is 3.03. The number of nitrogens with one attached hydrogen (secondary N) is 2. The van der Waals surface area contributed by atoms with E-state index in [0.29, 0.717) is 6.04 Å². The monoisotopic (exact) mass is 248 g/mol. The van der Waals surface area contributed by atoms with Gasteiger partial charge in [-0.3, -0.25) is 0 Å². The van der Waals surface area contributed by atoms with Crippen LogP contribution < -0.4 is 5.32 Å². The highest BCUT2D eigenvalue weighted by atomic mass is 15.0. The molecule has 2 aromatic rings. The average Bonchev–Trinajstić information content (AvgIpc) is 2.97. The van der Waals surface area contributed by atoms with Crippen molar-refractivity contribution in [1.82, 2.24) is 10.3 Å². The van der Waals surface area contributed by atoms with Crippen molar-refractivity contribution >= 4 is 10.9 Å². The minimum Gasteiger partial charge on any atom is -0.378 e. The summed E-state index contributed by atoms with van der Waals surface area (Å²) in [5.41, 5.74) is 5.31. The normalized spacial score (nSPS) is 21.6. The Bertz CT molecular complexity index is 716. The number of aromatic nitrogens is 1. The maximum atomic E-state index is 3.66. The number of H-pyrrole nitrogens is 1. The average molecular weight is 248 g/mol. The van der Waals surface area contributed by atoms with Crippen molar-refractivity contribution < 1.29 is 0 Å². The van der Waals surface area contributed by atoms with Crippen LogP contribution in [0.2, 0.25) is 0 Å². The van der Waals surface area contributed by atoms with Crippen molar-refractivity contribution in [3.05, 3.63) is 71.6 Å². The predicted molar refractivity (Wildman–Crippen MR) is 78.7 cm³/mol. The molecule has 0 amide bonds. The van der Waals surface area contributed by atoms with Gasteiger partial charge in [-0.25, -0.2) is 0 Å². The van der Waals surface area contributed by atoms with Gasteiger partial charge in [-0.2, -0.15) is 0 Å². The van der Waals surface area contributed by atoms with E-state index >= 15 is 0 Å². The standard InChI is InChI=1S/C17H16N2/c1-2-6-12-10-17(19-15(12)8-3-1)14-11-18-16-9-5-4-7-13(14)16/h1-2,4-9,11,17-19H,3,10H2. The number of para-hydroxylation sites is 1. The number of benzene rings is 1. The topological polar surface area (TPSA) is 27.8 Å². The zero-order chi connectivity index (χ0) is 12.7. The number of rotatable bonds is 1. The largest absolute Gasteiger partial charge is 0.378 e. The van der Waals surface area contributed by atoms with Gasteiger partial charge in [0.25, 0.3) is 0 Å². The lowest BCUT2D eigenvalue weighted by Crippen LogP contribution is -2.11. The first-order valence-electron chi connectivity index (χ1n) is 6.80. The Balaban J connectivity index is 1.75. The number of hydrogen-bond acceptors (Lipinski definition) is 1. The first kappa shape index (κ1) is 10.7. The summed E-state index contributed by atoms with van der Waals surface area (Å²) in [6.45, 7) is 0. The van der Waals surface area contributed by atoms with Crippen molar-refractivity contribution in [2.45, 2.75) is 18.9 Å². The summed E-state index contributed by atoms with van der Waals surface area (Å²) in [4.78, 5) is 3.37. The van der Waals surface area contributed by atoms with Gasteiger partial charge in [-0.15, -0.1) is 0 Å². The molecule has 1 fully saturated rings. The van der Waals surface area contributed by atoms with Gasteiger partial charge in [0.05, 0.1) is 6.04 Å². The highest BCUT2D eigenvalue weighted by molar-refractivity contribution is 5.83. The van der Waals surface area contributed by atoms with Crippen molar-refractivity contribution in [3.8, 4) is 0 Å². The van der Waals surface area contributed by atoms with Gasteiger partial charge in [0.1, 0.15) is 0 Å². The highest BCUT2D eigenvalue weighted by Crippen LogP contribution is 2.36. The molecule has 1 saturated heterocycles. The zero-order valence-electron chi connectivity index (χ0n) is 10.7. The summed E-state index contributed by atoms with van der Waals surface area (Å²) in [5, 5.41) is 4.99. The van der Waals surface area contributed by atoms with Gasteiger partial charge < -0.3 is 10.3 Å². The Kier molecular flexibility index (Phi) is 2.34. The van der Waals surface area contributed by atoms with E-state index < -0.39 is 0 Å². The molecule has 94 valence electrons. The van der Waals surface area contributed by atoms with E-state index in [0.717, 1.165) is 12.8 Å². The summed E-state index contributed by atoms with van der Waals surface area (Å²) in [6.07, 6.45) is 13.1. The van der Waals surface area contributed by atoms with E-state index in [9.17, 15) is 0 Å². The zero-order valence-corrected chi connectivity index (χ0v) is 10.7. The molecule has 2 nitrogen and oxygen atoms in total. The minimum atomic E-state index is 0.389. The number of hydrogen-bond donors (Lipinski definition) is 2. The van der Waals surface area contributed by atoms with Crippen LogP contribution in [0, 0.1) is 0 Å². The predicted octanol–water partition coefficient (Wildman–Crippen LogP) is 3.97. The van der Waals surface area contributed by atoms with E-state index in [-0.39, 0.29) is 0 Å². The molecule has 4 rings (SSSR count). The van der Waals surface area contributed by atoms with Crippen LogP contribution in [0.4, 0.5) is 0 Å². The number of allylic oxidation sites excluding steroid dienone is 5. The summed E-state index contributed by atoms with van der Waals surface area (Å²) in [5.74, 6) is 0. The van der Waals surface area contributed by atoms with E-state index in [2.05, 4.69) is 65.1 Å². The van der Waals surface area contributed by atoms with E-state index in [4.69, 9.17) is 0 Å². The molecule has 1 unspecified atom stereocenters. The van der Waals surface area contributed by atoms with E-state index in [1.165, 1.54) is 27.7 Å². The molecule has 1 atom stereocenters. The van der Waals surface area contributed by atoms with Crippen LogP contribution in [-0.2, 0) is 0 Å². The van der Waals surface area contributed by atoms with Crippen LogP contribution in [0.1, 0.15) is 24.4 Å². The second-order valence-corrected chi connectivity index (χ2v) is 5.16. The fourth-order valence-electron chi connectivity index (χ4n) is 3.03. The summed E-state index contributed by atoms with van der Waals surface area (Å²) in [7, 11) is 0. The molecule has 2 aliphatic rings. The van der Waals surface area contributed by atoms with Crippen molar-refractivity contribution in [3.63, 3.8) is 0 Å². The molecule has 1 aliphatic carbocycles. The third kappa shape index (κ3) is 1.72.